The van der Waals surface area contributed by atoms with E-state index in [-0.39, 0.29) is 27.7 Å². The first kappa shape index (κ1) is 22.2. The Labute approximate surface area is 191 Å². The first-order valence-electron chi connectivity index (χ1n) is 10.0. The summed E-state index contributed by atoms with van der Waals surface area (Å²) >= 11 is 0. The average molecular weight is 461 g/mol. The summed E-state index contributed by atoms with van der Waals surface area (Å²) in [6.07, 6.45) is 1.38. The second-order valence-corrected chi connectivity index (χ2v) is 8.96. The topological polar surface area (TPSA) is 102 Å². The Morgan fingerprint density at radius 3 is 2.24 bits per heavy atom. The zero-order valence-corrected chi connectivity index (χ0v) is 18.7. The van der Waals surface area contributed by atoms with Crippen molar-refractivity contribution in [3.8, 4) is 0 Å². The van der Waals surface area contributed by atoms with Crippen LogP contribution in [0.1, 0.15) is 31.8 Å². The highest BCUT2D eigenvalue weighted by atomic mass is 32.2. The number of hydrogen-bond donors (Lipinski definition) is 1. The van der Waals surface area contributed by atoms with E-state index >= 15 is 0 Å². The first-order chi connectivity index (χ1) is 15.8. The Balaban J connectivity index is 1.82. The van der Waals surface area contributed by atoms with Crippen LogP contribution in [0.4, 0.5) is 5.69 Å². The molecule has 1 aliphatic rings. The number of esters is 1. The second-order valence-electron chi connectivity index (χ2n) is 7.36. The number of benzene rings is 3. The monoisotopic (exact) mass is 460 g/mol. The molecule has 0 aliphatic heterocycles. The third-order valence-corrected chi connectivity index (χ3v) is 6.42. The quantitative estimate of drug-likeness (QED) is 0.574. The second kappa shape index (κ2) is 8.84. The van der Waals surface area contributed by atoms with Gasteiger partial charge < -0.3 is 10.1 Å². The van der Waals surface area contributed by atoms with E-state index in [1.54, 1.807) is 60.7 Å². The highest BCUT2D eigenvalue weighted by molar-refractivity contribution is 7.90. The number of rotatable bonds is 5. The van der Waals surface area contributed by atoms with Crippen LogP contribution in [0.15, 0.2) is 93.9 Å². The number of aryl methyl sites for hydroxylation is 1. The molecule has 0 bridgehead atoms. The lowest BCUT2D eigenvalue weighted by Gasteiger charge is -2.19. The molecule has 0 spiro atoms. The molecule has 0 fully saturated rings. The van der Waals surface area contributed by atoms with E-state index in [4.69, 9.17) is 4.74 Å². The maximum absolute atomic E-state index is 13.1. The molecule has 3 aromatic carbocycles. The van der Waals surface area contributed by atoms with Gasteiger partial charge in [0.15, 0.2) is 0 Å². The molecule has 0 unspecified atom stereocenters. The fourth-order valence-corrected chi connectivity index (χ4v) is 4.41. The Morgan fingerprint density at radius 1 is 0.909 bits per heavy atom. The fourth-order valence-electron chi connectivity index (χ4n) is 3.42. The van der Waals surface area contributed by atoms with Gasteiger partial charge >= 0.3 is 5.97 Å². The van der Waals surface area contributed by atoms with Crippen molar-refractivity contribution in [3.05, 3.63) is 107 Å². The van der Waals surface area contributed by atoms with Crippen LogP contribution in [0.3, 0.4) is 0 Å². The van der Waals surface area contributed by atoms with Crippen LogP contribution >= 0.6 is 0 Å². The van der Waals surface area contributed by atoms with Gasteiger partial charge in [-0.2, -0.15) is 12.8 Å². The normalized spacial score (nSPS) is 14.4. The maximum Gasteiger partial charge on any atom is 0.339 e. The van der Waals surface area contributed by atoms with E-state index in [1.807, 2.05) is 6.92 Å². The summed E-state index contributed by atoms with van der Waals surface area (Å²) in [6.45, 7) is 1.86. The minimum atomic E-state index is -4.03. The molecule has 0 saturated heterocycles. The van der Waals surface area contributed by atoms with Crippen molar-refractivity contribution in [1.29, 1.82) is 0 Å². The van der Waals surface area contributed by atoms with Gasteiger partial charge in [0.25, 0.3) is 10.0 Å². The third kappa shape index (κ3) is 4.47. The van der Waals surface area contributed by atoms with E-state index in [1.165, 1.54) is 25.3 Å². The van der Waals surface area contributed by atoms with Crippen molar-refractivity contribution >= 4 is 33.2 Å². The molecular formula is C25H20N2O5S. The minimum Gasteiger partial charge on any atom is -0.465 e. The van der Waals surface area contributed by atoms with Gasteiger partial charge in [0, 0.05) is 11.1 Å². The molecular weight excluding hydrogens is 440 g/mol. The summed E-state index contributed by atoms with van der Waals surface area (Å²) in [4.78, 5) is 25.3. The maximum atomic E-state index is 13.1. The zero-order valence-electron chi connectivity index (χ0n) is 17.9. The van der Waals surface area contributed by atoms with E-state index in [2.05, 4.69) is 9.71 Å². The molecule has 33 heavy (non-hydrogen) atoms. The predicted octanol–water partition coefficient (Wildman–Crippen LogP) is 4.15. The van der Waals surface area contributed by atoms with Gasteiger partial charge in [0.2, 0.25) is 5.78 Å². The number of nitrogens with one attached hydrogen (secondary N) is 1. The number of ether oxygens (including phenoxy) is 1. The lowest BCUT2D eigenvalue weighted by Crippen LogP contribution is -2.23. The molecule has 8 heteroatoms. The van der Waals surface area contributed by atoms with Gasteiger partial charge in [0.1, 0.15) is 0 Å². The van der Waals surface area contributed by atoms with Crippen molar-refractivity contribution in [3.63, 3.8) is 0 Å². The summed E-state index contributed by atoms with van der Waals surface area (Å²) < 4.78 is 34.8. The van der Waals surface area contributed by atoms with Gasteiger partial charge in [-0.05, 0) is 37.3 Å². The van der Waals surface area contributed by atoms with Crippen molar-refractivity contribution < 1.29 is 22.7 Å². The van der Waals surface area contributed by atoms with Crippen LogP contribution < -0.4 is 5.32 Å². The standard InChI is InChI=1S/C25H20N2O5S/c1-16-11-13-17(14-12-16)33(30,31)27-22-15-23(24(28)19-8-4-3-7-18(19)22)26-21-10-6-5-9-20(21)25(29)32-2/h3-15,26H,1-2H3/b27-22-. The Morgan fingerprint density at radius 2 is 1.55 bits per heavy atom. The number of anilines is 1. The van der Waals surface area contributed by atoms with Crippen LogP contribution in [0.5, 0.6) is 0 Å². The molecule has 0 saturated carbocycles. The molecule has 1 N–H and O–H groups in total. The van der Waals surface area contributed by atoms with Crippen molar-refractivity contribution in [1.82, 2.24) is 0 Å². The number of carbonyl (C=O) groups is 2. The molecule has 0 atom stereocenters. The van der Waals surface area contributed by atoms with Gasteiger partial charge in [-0.3, -0.25) is 4.79 Å². The Hall–Kier alpha value is -4.04. The van der Waals surface area contributed by atoms with Crippen molar-refractivity contribution in [2.24, 2.45) is 4.40 Å². The number of fused-ring (bicyclic) bond motifs is 1. The zero-order chi connectivity index (χ0) is 23.6. The lowest BCUT2D eigenvalue weighted by atomic mass is 9.92. The first-order valence-corrected chi connectivity index (χ1v) is 11.5. The molecule has 7 nitrogen and oxygen atoms in total. The molecule has 3 aromatic rings. The van der Waals surface area contributed by atoms with E-state index in [9.17, 15) is 18.0 Å². The van der Waals surface area contributed by atoms with E-state index in [0.29, 0.717) is 16.8 Å². The highest BCUT2D eigenvalue weighted by Gasteiger charge is 2.27. The predicted molar refractivity (Wildman–Crippen MR) is 125 cm³/mol. The summed E-state index contributed by atoms with van der Waals surface area (Å²) in [6, 6.07) is 19.6. The molecule has 0 aromatic heterocycles. The third-order valence-electron chi connectivity index (χ3n) is 5.11. The molecule has 0 radical (unpaired) electrons. The van der Waals surface area contributed by atoms with Crippen LogP contribution in [0.2, 0.25) is 0 Å². The number of carbonyl (C=O) groups excluding carboxylic acids is 2. The minimum absolute atomic E-state index is 0.0499. The summed E-state index contributed by atoms with van der Waals surface area (Å²) in [5.74, 6) is -0.921. The number of para-hydroxylation sites is 1. The van der Waals surface area contributed by atoms with Crippen molar-refractivity contribution in [2.45, 2.75) is 11.8 Å². The van der Waals surface area contributed by atoms with Gasteiger partial charge in [-0.15, -0.1) is 0 Å². The molecule has 166 valence electrons. The number of Topliss-reactive ketones (excluding diaryl/α,β-unsaturated/α-hetero) is 1. The largest absolute Gasteiger partial charge is 0.465 e. The van der Waals surface area contributed by atoms with Crippen molar-refractivity contribution in [2.75, 3.05) is 12.4 Å². The number of nitrogens with zero attached hydrogens (tertiary/aromatic N) is 1. The number of ketones is 1. The van der Waals surface area contributed by atoms with Gasteiger partial charge in [-0.25, -0.2) is 4.79 Å². The van der Waals surface area contributed by atoms with Crippen LogP contribution in [-0.4, -0.2) is 33.0 Å². The van der Waals surface area contributed by atoms with Gasteiger partial charge in [-0.1, -0.05) is 54.1 Å². The summed E-state index contributed by atoms with van der Waals surface area (Å²) in [7, 11) is -2.76. The fraction of sp³-hybridized carbons (Fsp3) is 0.0800. The smallest absolute Gasteiger partial charge is 0.339 e. The molecule has 4 rings (SSSR count). The summed E-state index contributed by atoms with van der Waals surface area (Å²) in [5, 5.41) is 2.95. The lowest BCUT2D eigenvalue weighted by molar-refractivity contribution is 0.0601. The van der Waals surface area contributed by atoms with Crippen LogP contribution in [-0.2, 0) is 14.8 Å². The Bertz CT molecular complexity index is 1420. The van der Waals surface area contributed by atoms with Gasteiger partial charge in [0.05, 0.1) is 34.7 Å². The number of allylic oxidation sites excluding steroid dienone is 2. The number of methoxy groups -OCH3 is 1. The molecule has 1 aliphatic carbocycles. The SMILES string of the molecule is COC(=O)c1ccccc1NC1=C/C(=N/S(=O)(=O)c2ccc(C)cc2)c2ccccc2C1=O. The average Bonchev–Trinajstić information content (AvgIpc) is 2.82. The van der Waals surface area contributed by atoms with Crippen LogP contribution in [0, 0.1) is 6.92 Å². The van der Waals surface area contributed by atoms with E-state index < -0.39 is 16.0 Å². The van der Waals surface area contributed by atoms with Crippen LogP contribution in [0.25, 0.3) is 0 Å². The number of sulfonamides is 1. The Kier molecular flexibility index (Phi) is 5.93. The molecule has 0 amide bonds. The highest BCUT2D eigenvalue weighted by Crippen LogP contribution is 2.26. The number of hydrogen-bond acceptors (Lipinski definition) is 6. The molecule has 0 heterocycles. The van der Waals surface area contributed by atoms with E-state index in [0.717, 1.165) is 5.56 Å². The summed E-state index contributed by atoms with van der Waals surface area (Å²) in [5.41, 5.74) is 2.42.